The first-order valence-electron chi connectivity index (χ1n) is 7.18. The number of amides is 2. The zero-order valence-corrected chi connectivity index (χ0v) is 14.0. The molecule has 2 amide bonds. The van der Waals surface area contributed by atoms with Crippen molar-refractivity contribution in [2.45, 2.75) is 11.3 Å². The molecular formula is C18H17FN2O2S. The van der Waals surface area contributed by atoms with Gasteiger partial charge in [-0.25, -0.2) is 4.39 Å². The van der Waals surface area contributed by atoms with Gasteiger partial charge in [0, 0.05) is 10.6 Å². The molecule has 0 atom stereocenters. The highest BCUT2D eigenvalue weighted by molar-refractivity contribution is 7.98. The van der Waals surface area contributed by atoms with Crippen LogP contribution in [0.15, 0.2) is 60.0 Å². The average molecular weight is 344 g/mol. The lowest BCUT2D eigenvalue weighted by Gasteiger charge is -2.10. The molecular weight excluding hydrogens is 327 g/mol. The Morgan fingerprint density at radius 2 is 1.96 bits per heavy atom. The van der Waals surface area contributed by atoms with Crippen LogP contribution < -0.4 is 10.6 Å². The number of hydrogen-bond donors (Lipinski definition) is 2. The molecule has 0 aliphatic carbocycles. The summed E-state index contributed by atoms with van der Waals surface area (Å²) in [6.07, 6.45) is 3.21. The Morgan fingerprint density at radius 3 is 2.67 bits per heavy atom. The third kappa shape index (κ3) is 4.70. The summed E-state index contributed by atoms with van der Waals surface area (Å²) in [5.74, 6) is -1.33. The standard InChI is InChI=1S/C18H17FN2O2S/c1-3-17(22)21-15-11-13(8-9-14(15)19)20-18(23)10-12-6-4-5-7-16(12)24-2/h3-9,11H,1,10H2,2H3,(H,20,23)(H,21,22). The van der Waals surface area contributed by atoms with Crippen LogP contribution in [0, 0.1) is 5.82 Å². The molecule has 6 heteroatoms. The Morgan fingerprint density at radius 1 is 1.21 bits per heavy atom. The molecule has 124 valence electrons. The number of carbonyl (C=O) groups excluding carboxylic acids is 2. The minimum absolute atomic E-state index is 0.0118. The molecule has 0 spiro atoms. The molecule has 4 nitrogen and oxygen atoms in total. The monoisotopic (exact) mass is 344 g/mol. The van der Waals surface area contributed by atoms with Crippen molar-refractivity contribution in [1.29, 1.82) is 0 Å². The second kappa shape index (κ2) is 8.31. The van der Waals surface area contributed by atoms with Gasteiger partial charge in [-0.15, -0.1) is 11.8 Å². The molecule has 0 aliphatic heterocycles. The summed E-state index contributed by atoms with van der Waals surface area (Å²) in [5.41, 5.74) is 1.31. The fourth-order valence-electron chi connectivity index (χ4n) is 2.11. The third-order valence-electron chi connectivity index (χ3n) is 3.24. The summed E-state index contributed by atoms with van der Waals surface area (Å²) in [7, 11) is 0. The van der Waals surface area contributed by atoms with Crippen molar-refractivity contribution < 1.29 is 14.0 Å². The van der Waals surface area contributed by atoms with Crippen LogP contribution in [0.1, 0.15) is 5.56 Å². The molecule has 24 heavy (non-hydrogen) atoms. The maximum Gasteiger partial charge on any atom is 0.247 e. The van der Waals surface area contributed by atoms with E-state index in [4.69, 9.17) is 0 Å². The highest BCUT2D eigenvalue weighted by atomic mass is 32.2. The van der Waals surface area contributed by atoms with Crippen LogP contribution in [0.5, 0.6) is 0 Å². The third-order valence-corrected chi connectivity index (χ3v) is 4.08. The Balaban J connectivity index is 2.10. The fourth-order valence-corrected chi connectivity index (χ4v) is 2.73. The van der Waals surface area contributed by atoms with E-state index in [0.717, 1.165) is 16.5 Å². The summed E-state index contributed by atoms with van der Waals surface area (Å²) in [5, 5.41) is 5.06. The van der Waals surface area contributed by atoms with Crippen molar-refractivity contribution in [3.8, 4) is 0 Å². The first kappa shape index (κ1) is 17.7. The van der Waals surface area contributed by atoms with Gasteiger partial charge in [0.2, 0.25) is 11.8 Å². The molecule has 0 bridgehead atoms. The summed E-state index contributed by atoms with van der Waals surface area (Å²) in [6, 6.07) is 11.6. The second-order valence-corrected chi connectivity index (χ2v) is 5.77. The van der Waals surface area contributed by atoms with Crippen LogP contribution >= 0.6 is 11.8 Å². The number of nitrogens with one attached hydrogen (secondary N) is 2. The van der Waals surface area contributed by atoms with E-state index >= 15 is 0 Å². The van der Waals surface area contributed by atoms with E-state index in [-0.39, 0.29) is 18.0 Å². The van der Waals surface area contributed by atoms with Crippen molar-refractivity contribution in [3.05, 3.63) is 66.5 Å². The first-order valence-corrected chi connectivity index (χ1v) is 8.40. The van der Waals surface area contributed by atoms with E-state index in [0.29, 0.717) is 5.69 Å². The maximum absolute atomic E-state index is 13.7. The number of hydrogen-bond acceptors (Lipinski definition) is 3. The Labute approximate surface area is 144 Å². The molecule has 0 saturated carbocycles. The van der Waals surface area contributed by atoms with Gasteiger partial charge in [0.05, 0.1) is 12.1 Å². The van der Waals surface area contributed by atoms with Crippen LogP contribution in [0.3, 0.4) is 0 Å². The second-order valence-electron chi connectivity index (χ2n) is 4.92. The highest BCUT2D eigenvalue weighted by Gasteiger charge is 2.10. The normalized spacial score (nSPS) is 10.1. The number of thioether (sulfide) groups is 1. The number of halogens is 1. The quantitative estimate of drug-likeness (QED) is 0.618. The van der Waals surface area contributed by atoms with Gasteiger partial charge < -0.3 is 10.6 Å². The van der Waals surface area contributed by atoms with E-state index in [2.05, 4.69) is 17.2 Å². The van der Waals surface area contributed by atoms with Gasteiger partial charge in [-0.3, -0.25) is 9.59 Å². The van der Waals surface area contributed by atoms with Crippen molar-refractivity contribution >= 4 is 35.0 Å². The van der Waals surface area contributed by atoms with Gasteiger partial charge in [-0.1, -0.05) is 24.8 Å². The molecule has 0 radical (unpaired) electrons. The number of benzene rings is 2. The molecule has 2 aromatic carbocycles. The SMILES string of the molecule is C=CC(=O)Nc1cc(NC(=O)Cc2ccccc2SC)ccc1F. The average Bonchev–Trinajstić information content (AvgIpc) is 2.58. The Bertz CT molecular complexity index is 777. The molecule has 0 aliphatic rings. The zero-order valence-electron chi connectivity index (χ0n) is 13.1. The summed E-state index contributed by atoms with van der Waals surface area (Å²) in [6.45, 7) is 3.31. The molecule has 0 unspecified atom stereocenters. The minimum Gasteiger partial charge on any atom is -0.326 e. The van der Waals surface area contributed by atoms with Gasteiger partial charge in [0.1, 0.15) is 5.82 Å². The summed E-state index contributed by atoms with van der Waals surface area (Å²) >= 11 is 1.57. The van der Waals surface area contributed by atoms with Crippen LogP contribution in [-0.2, 0) is 16.0 Å². The predicted molar refractivity (Wildman–Crippen MR) is 95.8 cm³/mol. The molecule has 0 aromatic heterocycles. The van der Waals surface area contributed by atoms with Crippen LogP contribution in [-0.4, -0.2) is 18.1 Å². The van der Waals surface area contributed by atoms with Crippen LogP contribution in [0.25, 0.3) is 0 Å². The molecule has 2 rings (SSSR count). The van der Waals surface area contributed by atoms with E-state index in [1.807, 2.05) is 30.5 Å². The van der Waals surface area contributed by atoms with Gasteiger partial charge in [-0.2, -0.15) is 0 Å². The van der Waals surface area contributed by atoms with Gasteiger partial charge in [0.15, 0.2) is 0 Å². The minimum atomic E-state index is -0.587. The lowest BCUT2D eigenvalue weighted by atomic mass is 10.1. The molecule has 2 aromatic rings. The molecule has 2 N–H and O–H groups in total. The molecule has 0 saturated heterocycles. The smallest absolute Gasteiger partial charge is 0.247 e. The van der Waals surface area contributed by atoms with Gasteiger partial charge in [0.25, 0.3) is 0 Å². The maximum atomic E-state index is 13.7. The lowest BCUT2D eigenvalue weighted by Crippen LogP contribution is -2.15. The highest BCUT2D eigenvalue weighted by Crippen LogP contribution is 2.22. The molecule has 0 fully saturated rings. The lowest BCUT2D eigenvalue weighted by molar-refractivity contribution is -0.115. The van der Waals surface area contributed by atoms with Crippen LogP contribution in [0.4, 0.5) is 15.8 Å². The van der Waals surface area contributed by atoms with E-state index < -0.39 is 11.7 Å². The number of carbonyl (C=O) groups is 2. The fraction of sp³-hybridized carbons (Fsp3) is 0.111. The van der Waals surface area contributed by atoms with Crippen LogP contribution in [0.2, 0.25) is 0 Å². The first-order chi connectivity index (χ1) is 11.5. The van der Waals surface area contributed by atoms with E-state index in [1.54, 1.807) is 11.8 Å². The van der Waals surface area contributed by atoms with Crippen molar-refractivity contribution in [2.24, 2.45) is 0 Å². The van der Waals surface area contributed by atoms with Gasteiger partial charge >= 0.3 is 0 Å². The predicted octanol–water partition coefficient (Wildman–Crippen LogP) is 3.85. The van der Waals surface area contributed by atoms with E-state index in [1.165, 1.54) is 18.2 Å². The summed E-state index contributed by atoms with van der Waals surface area (Å²) < 4.78 is 13.7. The van der Waals surface area contributed by atoms with Crippen molar-refractivity contribution in [2.75, 3.05) is 16.9 Å². The number of anilines is 2. The Kier molecular flexibility index (Phi) is 6.14. The van der Waals surface area contributed by atoms with Crippen molar-refractivity contribution in [3.63, 3.8) is 0 Å². The van der Waals surface area contributed by atoms with Crippen molar-refractivity contribution in [1.82, 2.24) is 0 Å². The van der Waals surface area contributed by atoms with Gasteiger partial charge in [-0.05, 0) is 42.2 Å². The zero-order chi connectivity index (χ0) is 17.5. The topological polar surface area (TPSA) is 58.2 Å². The number of rotatable bonds is 6. The largest absolute Gasteiger partial charge is 0.326 e. The van der Waals surface area contributed by atoms with E-state index in [9.17, 15) is 14.0 Å². The molecule has 0 heterocycles. The summed E-state index contributed by atoms with van der Waals surface area (Å²) in [4.78, 5) is 24.5. The Hall–Kier alpha value is -2.60.